The van der Waals surface area contributed by atoms with Crippen molar-refractivity contribution in [2.75, 3.05) is 6.54 Å². The van der Waals surface area contributed by atoms with Crippen LogP contribution in [0.4, 0.5) is 0 Å². The second-order valence-electron chi connectivity index (χ2n) is 4.62. The van der Waals surface area contributed by atoms with E-state index in [9.17, 15) is 9.59 Å². The zero-order chi connectivity index (χ0) is 12.7. The lowest BCUT2D eigenvalue weighted by Gasteiger charge is -2.25. The first-order valence-electron chi connectivity index (χ1n) is 5.88. The van der Waals surface area contributed by atoms with E-state index < -0.39 is 0 Å². The fourth-order valence-corrected chi connectivity index (χ4v) is 2.73. The van der Waals surface area contributed by atoms with Crippen molar-refractivity contribution in [2.45, 2.75) is 25.0 Å². The summed E-state index contributed by atoms with van der Waals surface area (Å²) in [6, 6.07) is 6.87. The molecule has 1 aromatic carbocycles. The van der Waals surface area contributed by atoms with Crippen molar-refractivity contribution in [3.63, 3.8) is 0 Å². The average Bonchev–Trinajstić information content (AvgIpc) is 2.90. The summed E-state index contributed by atoms with van der Waals surface area (Å²) in [6.07, 6.45) is 0.751. The minimum absolute atomic E-state index is 0.0627. The molecule has 18 heavy (non-hydrogen) atoms. The molecule has 0 aromatic heterocycles. The van der Waals surface area contributed by atoms with Crippen molar-refractivity contribution in [3.05, 3.63) is 34.9 Å². The van der Waals surface area contributed by atoms with Crippen molar-refractivity contribution >= 4 is 23.5 Å². The molecule has 4 nitrogen and oxygen atoms in total. The Labute approximate surface area is 109 Å². The van der Waals surface area contributed by atoms with E-state index >= 15 is 0 Å². The van der Waals surface area contributed by atoms with Crippen molar-refractivity contribution in [3.8, 4) is 0 Å². The Morgan fingerprint density at radius 3 is 2.89 bits per heavy atom. The summed E-state index contributed by atoms with van der Waals surface area (Å²) >= 11 is 6.02. The van der Waals surface area contributed by atoms with Crippen LogP contribution in [0.25, 0.3) is 0 Å². The molecule has 5 heteroatoms. The van der Waals surface area contributed by atoms with Crippen LogP contribution in [-0.4, -0.2) is 35.5 Å². The number of benzene rings is 1. The molecule has 94 valence electrons. The topological polar surface area (TPSA) is 46.6 Å². The number of ether oxygens (including phenoxy) is 1. The minimum atomic E-state index is -0.384. The van der Waals surface area contributed by atoms with Crippen LogP contribution in [0.1, 0.15) is 12.0 Å². The molecule has 1 aromatic rings. The Morgan fingerprint density at radius 1 is 1.44 bits per heavy atom. The van der Waals surface area contributed by atoms with Gasteiger partial charge in [0.1, 0.15) is 12.1 Å². The Bertz CT molecular complexity index is 517. The van der Waals surface area contributed by atoms with E-state index in [1.54, 1.807) is 11.0 Å². The maximum Gasteiger partial charge on any atom is 0.329 e. The molecule has 2 atom stereocenters. The summed E-state index contributed by atoms with van der Waals surface area (Å²) in [6.45, 7) is 0.514. The predicted molar refractivity (Wildman–Crippen MR) is 65.2 cm³/mol. The molecule has 0 N–H and O–H groups in total. The number of carbonyl (C=O) groups excluding carboxylic acids is 2. The summed E-state index contributed by atoms with van der Waals surface area (Å²) in [5.74, 6) is -0.342. The number of nitrogens with zero attached hydrogens (tertiary/aromatic N) is 1. The van der Waals surface area contributed by atoms with Gasteiger partial charge in [0.2, 0.25) is 5.91 Å². The molecule has 0 saturated carbocycles. The fourth-order valence-electron chi connectivity index (χ4n) is 2.53. The number of carbonyl (C=O) groups is 2. The fraction of sp³-hybridized carbons (Fsp3) is 0.385. The van der Waals surface area contributed by atoms with E-state index in [0.717, 1.165) is 5.56 Å². The van der Waals surface area contributed by atoms with Crippen molar-refractivity contribution in [1.29, 1.82) is 0 Å². The van der Waals surface area contributed by atoms with Gasteiger partial charge in [-0.3, -0.25) is 4.79 Å². The van der Waals surface area contributed by atoms with Gasteiger partial charge in [-0.05, 0) is 11.6 Å². The van der Waals surface area contributed by atoms with E-state index in [-0.39, 0.29) is 30.4 Å². The SMILES string of the molecule is O=C1O[C@H]2C[C@@H]1N(C(=O)Cc1ccccc1Cl)C2. The number of hydrogen-bond donors (Lipinski definition) is 0. The normalized spacial score (nSPS) is 25.4. The Hall–Kier alpha value is -1.55. The summed E-state index contributed by atoms with van der Waals surface area (Å²) in [4.78, 5) is 25.2. The van der Waals surface area contributed by atoms with Crippen LogP contribution in [0.2, 0.25) is 5.02 Å². The van der Waals surface area contributed by atoms with E-state index in [4.69, 9.17) is 16.3 Å². The molecule has 2 saturated heterocycles. The van der Waals surface area contributed by atoms with E-state index in [1.807, 2.05) is 18.2 Å². The number of halogens is 1. The first-order chi connectivity index (χ1) is 8.65. The van der Waals surface area contributed by atoms with Crippen molar-refractivity contribution < 1.29 is 14.3 Å². The molecule has 2 aliphatic rings. The van der Waals surface area contributed by atoms with Crippen LogP contribution in [-0.2, 0) is 20.7 Å². The molecule has 2 bridgehead atoms. The predicted octanol–water partition coefficient (Wildman–Crippen LogP) is 1.41. The quantitative estimate of drug-likeness (QED) is 0.760. The maximum absolute atomic E-state index is 12.2. The van der Waals surface area contributed by atoms with Gasteiger partial charge >= 0.3 is 5.97 Å². The number of rotatable bonds is 2. The zero-order valence-electron chi connectivity index (χ0n) is 9.64. The molecule has 1 amide bonds. The van der Waals surface area contributed by atoms with Gasteiger partial charge in [0.25, 0.3) is 0 Å². The van der Waals surface area contributed by atoms with Crippen LogP contribution in [0.3, 0.4) is 0 Å². The summed E-state index contributed by atoms with van der Waals surface area (Å²) in [7, 11) is 0. The van der Waals surface area contributed by atoms with E-state index in [2.05, 4.69) is 0 Å². The van der Waals surface area contributed by atoms with Gasteiger partial charge in [-0.15, -0.1) is 0 Å². The number of likely N-dealkylation sites (tertiary alicyclic amines) is 1. The number of hydrogen-bond acceptors (Lipinski definition) is 3. The van der Waals surface area contributed by atoms with E-state index in [1.165, 1.54) is 0 Å². The van der Waals surface area contributed by atoms with E-state index in [0.29, 0.717) is 18.0 Å². The van der Waals surface area contributed by atoms with Gasteiger partial charge in [0.05, 0.1) is 13.0 Å². The molecule has 3 rings (SSSR count). The van der Waals surface area contributed by atoms with Gasteiger partial charge in [0, 0.05) is 11.4 Å². The molecule has 2 fully saturated rings. The second-order valence-corrected chi connectivity index (χ2v) is 5.03. The highest BCUT2D eigenvalue weighted by Gasteiger charge is 2.48. The number of amides is 1. The van der Waals surface area contributed by atoms with Crippen LogP contribution < -0.4 is 0 Å². The molecule has 0 radical (unpaired) electrons. The van der Waals surface area contributed by atoms with Gasteiger partial charge in [-0.1, -0.05) is 29.8 Å². The lowest BCUT2D eigenvalue weighted by Crippen LogP contribution is -2.44. The Morgan fingerprint density at radius 2 is 2.22 bits per heavy atom. The second kappa shape index (κ2) is 4.28. The summed E-state index contributed by atoms with van der Waals surface area (Å²) in [5.41, 5.74) is 0.792. The largest absolute Gasteiger partial charge is 0.459 e. The minimum Gasteiger partial charge on any atom is -0.459 e. The molecular formula is C13H12ClNO3. The number of esters is 1. The maximum atomic E-state index is 12.2. The summed E-state index contributed by atoms with van der Waals surface area (Å²) < 4.78 is 5.06. The Kier molecular flexibility index (Phi) is 2.74. The van der Waals surface area contributed by atoms with Crippen molar-refractivity contribution in [2.24, 2.45) is 0 Å². The monoisotopic (exact) mass is 265 g/mol. The molecule has 0 aliphatic carbocycles. The molecule has 0 spiro atoms. The van der Waals surface area contributed by atoms with Crippen LogP contribution in [0.15, 0.2) is 24.3 Å². The highest BCUT2D eigenvalue weighted by atomic mass is 35.5. The summed E-state index contributed by atoms with van der Waals surface area (Å²) in [5, 5.41) is 0.581. The number of fused-ring (bicyclic) bond motifs is 2. The van der Waals surface area contributed by atoms with Gasteiger partial charge < -0.3 is 9.64 Å². The van der Waals surface area contributed by atoms with Crippen LogP contribution in [0.5, 0.6) is 0 Å². The van der Waals surface area contributed by atoms with Gasteiger partial charge in [0.15, 0.2) is 0 Å². The average molecular weight is 266 g/mol. The van der Waals surface area contributed by atoms with Crippen LogP contribution >= 0.6 is 11.6 Å². The molecule has 2 aliphatic heterocycles. The third-order valence-corrected chi connectivity index (χ3v) is 3.81. The lowest BCUT2D eigenvalue weighted by molar-refractivity contribution is -0.156. The zero-order valence-corrected chi connectivity index (χ0v) is 10.4. The highest BCUT2D eigenvalue weighted by molar-refractivity contribution is 6.31. The molecule has 0 unspecified atom stereocenters. The van der Waals surface area contributed by atoms with Crippen LogP contribution in [0, 0.1) is 0 Å². The highest BCUT2D eigenvalue weighted by Crippen LogP contribution is 2.29. The van der Waals surface area contributed by atoms with Gasteiger partial charge in [-0.2, -0.15) is 0 Å². The first kappa shape index (κ1) is 11.5. The lowest BCUT2D eigenvalue weighted by atomic mass is 10.1. The third-order valence-electron chi connectivity index (χ3n) is 3.44. The third kappa shape index (κ3) is 1.86. The standard InChI is InChI=1S/C13H12ClNO3/c14-10-4-2-1-3-8(10)5-12(16)15-7-9-6-11(15)13(17)18-9/h1-4,9,11H,5-7H2/t9-,11-/m0/s1. The van der Waals surface area contributed by atoms with Gasteiger partial charge in [-0.25, -0.2) is 4.79 Å². The van der Waals surface area contributed by atoms with Crippen molar-refractivity contribution in [1.82, 2.24) is 4.90 Å². The molecular weight excluding hydrogens is 254 g/mol. The smallest absolute Gasteiger partial charge is 0.329 e. The first-order valence-corrected chi connectivity index (χ1v) is 6.26. The number of morpholine rings is 1. The Balaban J connectivity index is 1.73. The molecule has 2 heterocycles.